The third kappa shape index (κ3) is 20.6. The monoisotopic (exact) mass is 478 g/mol. The summed E-state index contributed by atoms with van der Waals surface area (Å²) in [6.07, 6.45) is 6.51. The number of carbonyl (C=O) groups excluding carboxylic acids is 3. The number of Topliss-reactive ketones (excluding diaryl/α,β-unsaturated/α-hetero) is 1. The summed E-state index contributed by atoms with van der Waals surface area (Å²) in [6, 6.07) is 0.216. The van der Waals surface area contributed by atoms with Crippen molar-refractivity contribution >= 4 is 29.5 Å². The van der Waals surface area contributed by atoms with Crippen LogP contribution in [0.5, 0.6) is 0 Å². The minimum atomic E-state index is -0.382. The largest absolute Gasteiger partial charge is 0.447 e. The van der Waals surface area contributed by atoms with Crippen LogP contribution in [0.3, 0.4) is 0 Å². The molecule has 1 saturated carbocycles. The molecule has 0 bridgehead atoms. The molecule has 0 unspecified atom stereocenters. The number of hydrogen-bond acceptors (Lipinski definition) is 7. The standard InChI is InChI=1S/C19H34N2O6S.2C2H6/c1-15(22)3-8-18(23)20-9-10-25-11-12-26-13-14-27-19(24)21-16-4-6-17(28-2)7-5-16;2*1-2/h16-17H,3-14H2,1-2H3,(H,20,23)(H,21,24);2*1-2H3. The number of amides is 2. The summed E-state index contributed by atoms with van der Waals surface area (Å²) in [5, 5.41) is 6.30. The third-order valence-electron chi connectivity index (χ3n) is 4.44. The van der Waals surface area contributed by atoms with Gasteiger partial charge in [0.2, 0.25) is 5.91 Å². The molecule has 0 aromatic heterocycles. The molecule has 1 fully saturated rings. The topological polar surface area (TPSA) is 103 Å². The lowest BCUT2D eigenvalue weighted by molar-refractivity contribution is -0.124. The maximum absolute atomic E-state index is 11.7. The van der Waals surface area contributed by atoms with Gasteiger partial charge in [0.15, 0.2) is 0 Å². The van der Waals surface area contributed by atoms with Crippen LogP contribution in [0, 0.1) is 0 Å². The van der Waals surface area contributed by atoms with Crippen molar-refractivity contribution in [2.24, 2.45) is 0 Å². The number of hydrogen-bond donors (Lipinski definition) is 2. The van der Waals surface area contributed by atoms with Crippen LogP contribution >= 0.6 is 11.8 Å². The molecule has 1 aliphatic carbocycles. The first-order chi connectivity index (χ1) is 15.5. The molecule has 0 aromatic carbocycles. The molecule has 1 aliphatic rings. The fourth-order valence-corrected chi connectivity index (χ4v) is 3.55. The molecule has 2 amide bonds. The molecule has 2 N–H and O–H groups in total. The molecule has 8 nitrogen and oxygen atoms in total. The van der Waals surface area contributed by atoms with Crippen molar-refractivity contribution in [2.45, 2.75) is 84.4 Å². The second-order valence-electron chi connectivity index (χ2n) is 6.77. The molecule has 0 radical (unpaired) electrons. The van der Waals surface area contributed by atoms with Crippen LogP contribution in [0.1, 0.15) is 73.1 Å². The molecule has 0 aliphatic heterocycles. The first-order valence-electron chi connectivity index (χ1n) is 11.9. The van der Waals surface area contributed by atoms with Gasteiger partial charge in [0.05, 0.1) is 26.4 Å². The number of carbonyl (C=O) groups is 3. The zero-order valence-electron chi connectivity index (χ0n) is 21.0. The van der Waals surface area contributed by atoms with E-state index >= 15 is 0 Å². The SMILES string of the molecule is CC.CC.CSC1CCC(NC(=O)OCCOCCOCCNC(=O)CCC(C)=O)CC1. The number of alkyl carbamates (subject to hydrolysis) is 1. The van der Waals surface area contributed by atoms with Crippen molar-refractivity contribution in [1.82, 2.24) is 10.6 Å². The second kappa shape index (κ2) is 24.3. The van der Waals surface area contributed by atoms with Gasteiger partial charge in [-0.1, -0.05) is 27.7 Å². The van der Waals surface area contributed by atoms with Crippen molar-refractivity contribution in [1.29, 1.82) is 0 Å². The van der Waals surface area contributed by atoms with E-state index in [1.165, 1.54) is 6.92 Å². The van der Waals surface area contributed by atoms with E-state index in [4.69, 9.17) is 14.2 Å². The predicted molar refractivity (Wildman–Crippen MR) is 131 cm³/mol. The lowest BCUT2D eigenvalue weighted by atomic mass is 9.95. The third-order valence-corrected chi connectivity index (χ3v) is 5.57. The highest BCUT2D eigenvalue weighted by molar-refractivity contribution is 7.99. The molecule has 0 aromatic rings. The van der Waals surface area contributed by atoms with Gasteiger partial charge < -0.3 is 29.6 Å². The predicted octanol–water partition coefficient (Wildman–Crippen LogP) is 3.96. The van der Waals surface area contributed by atoms with Crippen molar-refractivity contribution in [3.8, 4) is 0 Å². The van der Waals surface area contributed by atoms with E-state index in [1.807, 2.05) is 39.5 Å². The maximum Gasteiger partial charge on any atom is 0.407 e. The lowest BCUT2D eigenvalue weighted by Crippen LogP contribution is -2.38. The summed E-state index contributed by atoms with van der Waals surface area (Å²) in [5.74, 6) is -0.147. The van der Waals surface area contributed by atoms with Crippen LogP contribution < -0.4 is 10.6 Å². The Morgan fingerprint density at radius 2 is 1.41 bits per heavy atom. The van der Waals surface area contributed by atoms with Gasteiger partial charge >= 0.3 is 6.09 Å². The maximum atomic E-state index is 11.7. The van der Waals surface area contributed by atoms with Crippen molar-refractivity contribution in [3.05, 3.63) is 0 Å². The van der Waals surface area contributed by atoms with Crippen LogP contribution in [0.2, 0.25) is 0 Å². The Morgan fingerprint density at radius 3 is 1.97 bits per heavy atom. The van der Waals surface area contributed by atoms with Crippen molar-refractivity contribution in [2.75, 3.05) is 45.8 Å². The van der Waals surface area contributed by atoms with Crippen molar-refractivity contribution in [3.63, 3.8) is 0 Å². The van der Waals surface area contributed by atoms with E-state index in [2.05, 4.69) is 16.9 Å². The van der Waals surface area contributed by atoms with Crippen LogP contribution in [0.15, 0.2) is 0 Å². The molecule has 1 rings (SSSR count). The van der Waals surface area contributed by atoms with Gasteiger partial charge in [0, 0.05) is 30.7 Å². The molecular weight excluding hydrogens is 432 g/mol. The first-order valence-corrected chi connectivity index (χ1v) is 13.2. The number of rotatable bonds is 14. The van der Waals surface area contributed by atoms with Crippen molar-refractivity contribution < 1.29 is 28.6 Å². The number of nitrogens with one attached hydrogen (secondary N) is 2. The van der Waals surface area contributed by atoms with Crippen LogP contribution in [-0.4, -0.2) is 74.9 Å². The zero-order chi connectivity index (χ0) is 24.6. The molecule has 0 saturated heterocycles. The molecule has 190 valence electrons. The number of ether oxygens (including phenoxy) is 3. The normalized spacial score (nSPS) is 17.1. The first kappa shape index (κ1) is 32.9. The quantitative estimate of drug-likeness (QED) is 0.364. The van der Waals surface area contributed by atoms with E-state index < -0.39 is 0 Å². The van der Waals surface area contributed by atoms with E-state index in [9.17, 15) is 14.4 Å². The average molecular weight is 479 g/mol. The molecule has 9 heteroatoms. The Bertz CT molecular complexity index is 471. The van der Waals surface area contributed by atoms with Gasteiger partial charge in [0.25, 0.3) is 0 Å². The van der Waals surface area contributed by atoms with Gasteiger partial charge in [-0.15, -0.1) is 0 Å². The summed E-state index contributed by atoms with van der Waals surface area (Å²) in [7, 11) is 0. The summed E-state index contributed by atoms with van der Waals surface area (Å²) >= 11 is 1.90. The highest BCUT2D eigenvalue weighted by Gasteiger charge is 2.22. The average Bonchev–Trinajstić information content (AvgIpc) is 2.82. The van der Waals surface area contributed by atoms with Crippen LogP contribution in [-0.2, 0) is 23.8 Å². The smallest absolute Gasteiger partial charge is 0.407 e. The van der Waals surface area contributed by atoms with E-state index in [1.54, 1.807) is 0 Å². The molecule has 0 atom stereocenters. The molecular formula is C23H46N2O6S. The number of ketones is 1. The molecule has 0 heterocycles. The van der Waals surface area contributed by atoms with E-state index in [0.29, 0.717) is 38.2 Å². The second-order valence-corrected chi connectivity index (χ2v) is 7.90. The number of thioether (sulfide) groups is 1. The lowest BCUT2D eigenvalue weighted by Gasteiger charge is -2.27. The van der Waals surface area contributed by atoms with Crippen LogP contribution in [0.25, 0.3) is 0 Å². The van der Waals surface area contributed by atoms with Gasteiger partial charge in [-0.2, -0.15) is 11.8 Å². The van der Waals surface area contributed by atoms with E-state index in [-0.39, 0.29) is 43.3 Å². The minimum Gasteiger partial charge on any atom is -0.447 e. The fraction of sp³-hybridized carbons (Fsp3) is 0.870. The highest BCUT2D eigenvalue weighted by atomic mass is 32.2. The fourth-order valence-electron chi connectivity index (χ4n) is 2.81. The molecule has 0 spiro atoms. The minimum absolute atomic E-state index is 0.00305. The zero-order valence-corrected chi connectivity index (χ0v) is 21.8. The highest BCUT2D eigenvalue weighted by Crippen LogP contribution is 2.26. The Morgan fingerprint density at radius 1 is 0.844 bits per heavy atom. The Kier molecular flexibility index (Phi) is 25.0. The van der Waals surface area contributed by atoms with Gasteiger partial charge in [-0.3, -0.25) is 4.79 Å². The van der Waals surface area contributed by atoms with Crippen LogP contribution in [0.4, 0.5) is 4.79 Å². The Labute approximate surface area is 199 Å². The van der Waals surface area contributed by atoms with Gasteiger partial charge in [-0.05, 0) is 38.9 Å². The van der Waals surface area contributed by atoms with E-state index in [0.717, 1.165) is 25.7 Å². The Hall–Kier alpha value is -1.32. The summed E-state index contributed by atoms with van der Waals surface area (Å²) in [4.78, 5) is 33.9. The molecule has 32 heavy (non-hydrogen) atoms. The Balaban J connectivity index is 0. The summed E-state index contributed by atoms with van der Waals surface area (Å²) in [6.45, 7) is 11.6. The van der Waals surface area contributed by atoms with Gasteiger partial charge in [0.1, 0.15) is 12.4 Å². The summed E-state index contributed by atoms with van der Waals surface area (Å²) in [5.41, 5.74) is 0. The summed E-state index contributed by atoms with van der Waals surface area (Å²) < 4.78 is 15.8. The van der Waals surface area contributed by atoms with Gasteiger partial charge in [-0.25, -0.2) is 4.79 Å².